The summed E-state index contributed by atoms with van der Waals surface area (Å²) < 4.78 is 53.2. The van der Waals surface area contributed by atoms with Crippen molar-refractivity contribution in [2.45, 2.75) is 57.6 Å². The number of ether oxygens (including phenoxy) is 2. The Morgan fingerprint density at radius 2 is 1.82 bits per heavy atom. The molecule has 2 aliphatic rings. The highest BCUT2D eigenvalue weighted by atomic mass is 19.3. The van der Waals surface area contributed by atoms with E-state index in [0.29, 0.717) is 48.2 Å². The van der Waals surface area contributed by atoms with Crippen molar-refractivity contribution in [2.75, 3.05) is 39.8 Å². The maximum Gasteiger partial charge on any atom is 0.410 e. The number of alkyl halides is 2. The maximum atomic E-state index is 15.0. The Kier molecular flexibility index (Phi) is 9.55. The molecule has 1 N–H and O–H groups in total. The molecule has 2 amide bonds. The minimum Gasteiger partial charge on any atom is -0.477 e. The highest BCUT2D eigenvalue weighted by Gasteiger charge is 2.41. The quantitative estimate of drug-likeness (QED) is 0.484. The number of likely N-dealkylation sites (tertiary alicyclic amines) is 2. The molecule has 11 heteroatoms. The van der Waals surface area contributed by atoms with Gasteiger partial charge in [-0.15, -0.1) is 0 Å². The molecule has 0 saturated carbocycles. The van der Waals surface area contributed by atoms with E-state index >= 15 is 0 Å². The molecule has 218 valence electrons. The van der Waals surface area contributed by atoms with Crippen LogP contribution in [0.15, 0.2) is 36.5 Å². The van der Waals surface area contributed by atoms with Gasteiger partial charge in [-0.2, -0.15) is 0 Å². The lowest BCUT2D eigenvalue weighted by Gasteiger charge is -2.31. The molecule has 2 aliphatic heterocycles. The van der Waals surface area contributed by atoms with Crippen LogP contribution < -0.4 is 10.1 Å². The molecule has 2 fully saturated rings. The Bertz CT molecular complexity index is 1170. The van der Waals surface area contributed by atoms with Crippen LogP contribution in [-0.2, 0) is 16.0 Å². The number of amides is 2. The van der Waals surface area contributed by atoms with Gasteiger partial charge >= 0.3 is 6.09 Å². The second-order valence-corrected chi connectivity index (χ2v) is 10.8. The summed E-state index contributed by atoms with van der Waals surface area (Å²) in [6.45, 7) is 4.80. The molecule has 1 unspecified atom stereocenters. The van der Waals surface area contributed by atoms with E-state index in [-0.39, 0.29) is 31.6 Å². The fraction of sp³-hybridized carbons (Fsp3) is 0.552. The van der Waals surface area contributed by atoms with Crippen molar-refractivity contribution < 1.29 is 32.2 Å². The normalized spacial score (nSPS) is 18.2. The van der Waals surface area contributed by atoms with Crippen LogP contribution in [0.25, 0.3) is 11.1 Å². The molecule has 0 aliphatic carbocycles. The topological polar surface area (TPSA) is 84.0 Å². The first-order valence-electron chi connectivity index (χ1n) is 13.7. The lowest BCUT2D eigenvalue weighted by molar-refractivity contribution is -0.133. The zero-order chi connectivity index (χ0) is 28.9. The van der Waals surface area contributed by atoms with Crippen LogP contribution in [0.4, 0.5) is 18.0 Å². The SMILES string of the molecule is CNC(Cc1ccc(-c2ccc(OCC3CCN(C(=O)OC(C)C)CC3)nc2)cc1F)C(=O)N1CCC(F)(F)C1. The molecular weight excluding hydrogens is 525 g/mol. The molecule has 8 nitrogen and oxygen atoms in total. The molecule has 1 aromatic heterocycles. The third kappa shape index (κ3) is 7.65. The molecule has 0 spiro atoms. The van der Waals surface area contributed by atoms with Gasteiger partial charge in [0.05, 0.1) is 25.3 Å². The number of pyridine rings is 1. The number of nitrogens with zero attached hydrogens (tertiary/aromatic N) is 3. The van der Waals surface area contributed by atoms with Gasteiger partial charge in [-0.3, -0.25) is 4.79 Å². The van der Waals surface area contributed by atoms with Crippen LogP contribution in [0, 0.1) is 11.7 Å². The zero-order valence-electron chi connectivity index (χ0n) is 23.2. The van der Waals surface area contributed by atoms with E-state index in [0.717, 1.165) is 17.7 Å². The smallest absolute Gasteiger partial charge is 0.410 e. The molecule has 3 heterocycles. The van der Waals surface area contributed by atoms with E-state index in [1.165, 1.54) is 6.07 Å². The Morgan fingerprint density at radius 3 is 2.40 bits per heavy atom. The van der Waals surface area contributed by atoms with Crippen molar-refractivity contribution in [1.82, 2.24) is 20.1 Å². The van der Waals surface area contributed by atoms with E-state index in [1.807, 2.05) is 13.8 Å². The number of halogens is 3. The molecule has 1 aromatic carbocycles. The zero-order valence-corrected chi connectivity index (χ0v) is 23.2. The van der Waals surface area contributed by atoms with Gasteiger partial charge in [0.25, 0.3) is 5.92 Å². The molecule has 1 atom stereocenters. The van der Waals surface area contributed by atoms with Crippen LogP contribution in [-0.4, -0.2) is 84.7 Å². The predicted octanol–water partition coefficient (Wildman–Crippen LogP) is 4.52. The van der Waals surface area contributed by atoms with Crippen molar-refractivity contribution in [2.24, 2.45) is 5.92 Å². The number of carbonyl (C=O) groups excluding carboxylic acids is 2. The lowest BCUT2D eigenvalue weighted by atomic mass is 9.98. The highest BCUT2D eigenvalue weighted by molar-refractivity contribution is 5.82. The molecule has 4 rings (SSSR count). The predicted molar refractivity (Wildman–Crippen MR) is 144 cm³/mol. The van der Waals surface area contributed by atoms with Crippen molar-refractivity contribution >= 4 is 12.0 Å². The van der Waals surface area contributed by atoms with Gasteiger partial charge in [0.2, 0.25) is 11.8 Å². The van der Waals surface area contributed by atoms with E-state index in [2.05, 4.69) is 10.3 Å². The van der Waals surface area contributed by atoms with Gasteiger partial charge in [-0.25, -0.2) is 22.9 Å². The van der Waals surface area contributed by atoms with Gasteiger partial charge in [-0.05, 0) is 69.3 Å². The Labute approximate surface area is 232 Å². The van der Waals surface area contributed by atoms with Crippen LogP contribution >= 0.6 is 0 Å². The van der Waals surface area contributed by atoms with Crippen LogP contribution in [0.5, 0.6) is 5.88 Å². The van der Waals surface area contributed by atoms with Gasteiger partial charge in [0.15, 0.2) is 0 Å². The first-order valence-corrected chi connectivity index (χ1v) is 13.7. The summed E-state index contributed by atoms with van der Waals surface area (Å²) in [4.78, 5) is 31.9. The summed E-state index contributed by atoms with van der Waals surface area (Å²) in [5.41, 5.74) is 1.64. The van der Waals surface area contributed by atoms with Crippen molar-refractivity contribution in [3.05, 3.63) is 47.9 Å². The van der Waals surface area contributed by atoms with Crippen LogP contribution in [0.1, 0.15) is 38.7 Å². The van der Waals surface area contributed by atoms with Crippen LogP contribution in [0.3, 0.4) is 0 Å². The van der Waals surface area contributed by atoms with Gasteiger partial charge in [0, 0.05) is 43.9 Å². The average Bonchev–Trinajstić information content (AvgIpc) is 3.30. The van der Waals surface area contributed by atoms with E-state index in [4.69, 9.17) is 9.47 Å². The van der Waals surface area contributed by atoms with Gasteiger partial charge in [-0.1, -0.05) is 12.1 Å². The van der Waals surface area contributed by atoms with Gasteiger partial charge in [0.1, 0.15) is 5.82 Å². The largest absolute Gasteiger partial charge is 0.477 e. The van der Waals surface area contributed by atoms with Crippen molar-refractivity contribution in [3.63, 3.8) is 0 Å². The molecule has 2 saturated heterocycles. The molecule has 0 radical (unpaired) electrons. The van der Waals surface area contributed by atoms with Crippen LogP contribution in [0.2, 0.25) is 0 Å². The Balaban J connectivity index is 1.28. The number of piperidine rings is 1. The number of benzene rings is 1. The summed E-state index contributed by atoms with van der Waals surface area (Å²) in [6.07, 6.45) is 2.53. The monoisotopic (exact) mass is 562 g/mol. The first-order chi connectivity index (χ1) is 19.0. The fourth-order valence-electron chi connectivity index (χ4n) is 4.97. The molecule has 40 heavy (non-hydrogen) atoms. The summed E-state index contributed by atoms with van der Waals surface area (Å²) in [7, 11) is 1.56. The summed E-state index contributed by atoms with van der Waals surface area (Å²) >= 11 is 0. The summed E-state index contributed by atoms with van der Waals surface area (Å²) in [5.74, 6) is -3.05. The number of likely N-dealkylation sites (N-methyl/N-ethyl adjacent to an activating group) is 1. The molecule has 2 aromatic rings. The minimum absolute atomic E-state index is 0.00766. The summed E-state index contributed by atoms with van der Waals surface area (Å²) in [5, 5.41) is 2.83. The van der Waals surface area contributed by atoms with Crippen molar-refractivity contribution in [1.29, 1.82) is 0 Å². The number of rotatable bonds is 9. The first kappa shape index (κ1) is 29.6. The Morgan fingerprint density at radius 1 is 1.10 bits per heavy atom. The number of nitrogens with one attached hydrogen (secondary N) is 1. The number of hydrogen-bond acceptors (Lipinski definition) is 6. The average molecular weight is 563 g/mol. The van der Waals surface area contributed by atoms with E-state index in [1.54, 1.807) is 42.4 Å². The van der Waals surface area contributed by atoms with E-state index in [9.17, 15) is 22.8 Å². The number of hydrogen-bond donors (Lipinski definition) is 1. The second-order valence-electron chi connectivity index (χ2n) is 10.8. The maximum absolute atomic E-state index is 15.0. The van der Waals surface area contributed by atoms with Crippen molar-refractivity contribution in [3.8, 4) is 17.0 Å². The summed E-state index contributed by atoms with van der Waals surface area (Å²) in [6, 6.07) is 7.47. The fourth-order valence-corrected chi connectivity index (χ4v) is 4.97. The third-order valence-electron chi connectivity index (χ3n) is 7.35. The van der Waals surface area contributed by atoms with E-state index < -0.39 is 30.2 Å². The second kappa shape index (κ2) is 12.9. The number of aromatic nitrogens is 1. The standard InChI is InChI=1S/C29H37F3N4O4/c1-19(2)40-28(38)35-11-8-20(9-12-35)17-39-26-7-6-23(16-34-26)21-4-5-22(24(30)14-21)15-25(33-3)27(37)36-13-10-29(31,32)18-36/h4-7,14,16,19-20,25,33H,8-13,15,17-18H2,1-3H3. The molecular formula is C29H37F3N4O4. The molecule has 0 bridgehead atoms. The Hall–Kier alpha value is -3.34. The highest BCUT2D eigenvalue weighted by Crippen LogP contribution is 2.28. The number of carbonyl (C=O) groups is 2. The van der Waals surface area contributed by atoms with Gasteiger partial charge < -0.3 is 24.6 Å². The third-order valence-corrected chi connectivity index (χ3v) is 7.35. The lowest BCUT2D eigenvalue weighted by Crippen LogP contribution is -2.46. The minimum atomic E-state index is -2.88.